The van der Waals surface area contributed by atoms with Crippen molar-refractivity contribution in [3.63, 3.8) is 0 Å². The second kappa shape index (κ2) is 7.31. The molecule has 0 spiro atoms. The van der Waals surface area contributed by atoms with E-state index < -0.39 is 0 Å². The van der Waals surface area contributed by atoms with E-state index in [1.54, 1.807) is 0 Å². The van der Waals surface area contributed by atoms with E-state index in [0.29, 0.717) is 29.5 Å². The first-order valence-corrected chi connectivity index (χ1v) is 11.2. The minimum absolute atomic E-state index is 0.00430. The Kier molecular flexibility index (Phi) is 4.42. The molecule has 31 heavy (non-hydrogen) atoms. The third-order valence-corrected chi connectivity index (χ3v) is 6.78. The van der Waals surface area contributed by atoms with Crippen molar-refractivity contribution in [1.29, 1.82) is 0 Å². The van der Waals surface area contributed by atoms with Gasteiger partial charge >= 0.3 is 0 Å². The fourth-order valence-corrected chi connectivity index (χ4v) is 4.26. The van der Waals surface area contributed by atoms with Crippen LogP contribution in [0.1, 0.15) is 59.8 Å². The van der Waals surface area contributed by atoms with E-state index >= 15 is 0 Å². The maximum atomic E-state index is 12.2. The van der Waals surface area contributed by atoms with Gasteiger partial charge in [-0.05, 0) is 61.9 Å². The van der Waals surface area contributed by atoms with Crippen molar-refractivity contribution >= 4 is 5.91 Å². The summed E-state index contributed by atoms with van der Waals surface area (Å²) in [5.41, 5.74) is 2.92. The lowest BCUT2D eigenvalue weighted by molar-refractivity contribution is 0.0951. The molecule has 6 heteroatoms. The number of carbonyl (C=O) groups excluding carboxylic acids is 1. The van der Waals surface area contributed by atoms with E-state index in [-0.39, 0.29) is 11.3 Å². The van der Waals surface area contributed by atoms with Gasteiger partial charge in [-0.25, -0.2) is 0 Å². The van der Waals surface area contributed by atoms with Gasteiger partial charge < -0.3 is 15.2 Å². The standard InChI is InChI=1S/C25H26N4O2/c30-22(27-19-10-11-19)17-6-8-18(9-7-17)23-28-24(29-31-23)25(12-13-25)15-26-21-14-20(21)16-4-2-1-3-5-16/h1-9,19-21,26H,10-15H2,(H,27,30). The monoisotopic (exact) mass is 414 g/mol. The van der Waals surface area contributed by atoms with Crippen LogP contribution in [0.2, 0.25) is 0 Å². The van der Waals surface area contributed by atoms with Crippen LogP contribution < -0.4 is 10.6 Å². The van der Waals surface area contributed by atoms with Crippen LogP contribution in [0.3, 0.4) is 0 Å². The summed E-state index contributed by atoms with van der Waals surface area (Å²) in [4.78, 5) is 16.9. The molecule has 1 heterocycles. The summed E-state index contributed by atoms with van der Waals surface area (Å²) in [5.74, 6) is 1.91. The fraction of sp³-hybridized carbons (Fsp3) is 0.400. The molecule has 2 N–H and O–H groups in total. The van der Waals surface area contributed by atoms with E-state index in [1.807, 2.05) is 24.3 Å². The van der Waals surface area contributed by atoms with Gasteiger partial charge in [-0.3, -0.25) is 4.79 Å². The zero-order valence-electron chi connectivity index (χ0n) is 17.4. The summed E-state index contributed by atoms with van der Waals surface area (Å²) >= 11 is 0. The number of amides is 1. The molecule has 3 saturated carbocycles. The summed E-state index contributed by atoms with van der Waals surface area (Å²) < 4.78 is 5.58. The first kappa shape index (κ1) is 18.8. The van der Waals surface area contributed by atoms with Gasteiger partial charge in [-0.15, -0.1) is 0 Å². The van der Waals surface area contributed by atoms with Gasteiger partial charge in [0, 0.05) is 41.1 Å². The van der Waals surface area contributed by atoms with Crippen molar-refractivity contribution in [1.82, 2.24) is 20.8 Å². The molecule has 0 saturated heterocycles. The molecule has 3 aromatic rings. The second-order valence-corrected chi connectivity index (χ2v) is 9.27. The van der Waals surface area contributed by atoms with E-state index in [4.69, 9.17) is 9.51 Å². The van der Waals surface area contributed by atoms with Crippen LogP contribution in [0.5, 0.6) is 0 Å². The van der Waals surface area contributed by atoms with Gasteiger partial charge in [0.1, 0.15) is 0 Å². The van der Waals surface area contributed by atoms with Crippen LogP contribution in [0.15, 0.2) is 59.1 Å². The van der Waals surface area contributed by atoms with Crippen LogP contribution >= 0.6 is 0 Å². The number of nitrogens with zero attached hydrogens (tertiary/aromatic N) is 2. The molecule has 2 atom stereocenters. The minimum atomic E-state index is -0.0165. The molecule has 0 radical (unpaired) electrons. The smallest absolute Gasteiger partial charge is 0.257 e. The third-order valence-electron chi connectivity index (χ3n) is 6.78. The van der Waals surface area contributed by atoms with Crippen LogP contribution in [0.4, 0.5) is 0 Å². The minimum Gasteiger partial charge on any atom is -0.349 e. The number of rotatable bonds is 8. The maximum absolute atomic E-state index is 12.2. The van der Waals surface area contributed by atoms with E-state index in [2.05, 4.69) is 46.1 Å². The average molecular weight is 415 g/mol. The molecule has 2 aromatic carbocycles. The predicted octanol–water partition coefficient (Wildman–Crippen LogP) is 3.81. The number of hydrogen-bond donors (Lipinski definition) is 2. The number of carbonyl (C=O) groups is 1. The van der Waals surface area contributed by atoms with Crippen molar-refractivity contribution in [3.05, 3.63) is 71.5 Å². The van der Waals surface area contributed by atoms with Crippen molar-refractivity contribution in [2.75, 3.05) is 6.54 Å². The molecule has 0 aliphatic heterocycles. The lowest BCUT2D eigenvalue weighted by atomic mass is 10.1. The summed E-state index contributed by atoms with van der Waals surface area (Å²) in [6, 6.07) is 19.0. The van der Waals surface area contributed by atoms with Crippen molar-refractivity contribution < 1.29 is 9.32 Å². The quantitative estimate of drug-likeness (QED) is 0.586. The normalized spacial score (nSPS) is 23.4. The molecule has 1 amide bonds. The SMILES string of the molecule is O=C(NC1CC1)c1ccc(-c2nc(C3(CNC4CC4c4ccccc4)CC3)no2)cc1. The average Bonchev–Trinajstić information content (AvgIpc) is 3.72. The highest BCUT2D eigenvalue weighted by Gasteiger charge is 2.50. The van der Waals surface area contributed by atoms with Gasteiger partial charge in [-0.1, -0.05) is 35.5 Å². The summed E-state index contributed by atoms with van der Waals surface area (Å²) in [6.45, 7) is 0.889. The van der Waals surface area contributed by atoms with E-state index in [9.17, 15) is 4.79 Å². The molecule has 1 aromatic heterocycles. The zero-order valence-corrected chi connectivity index (χ0v) is 17.4. The molecular weight excluding hydrogens is 388 g/mol. The van der Waals surface area contributed by atoms with Gasteiger partial charge in [0.2, 0.25) is 0 Å². The highest BCUT2D eigenvalue weighted by Crippen LogP contribution is 2.48. The van der Waals surface area contributed by atoms with E-state index in [0.717, 1.165) is 43.6 Å². The Balaban J connectivity index is 1.09. The zero-order chi connectivity index (χ0) is 20.8. The molecule has 2 unspecified atom stereocenters. The van der Waals surface area contributed by atoms with Crippen molar-refractivity contribution in [2.24, 2.45) is 0 Å². The van der Waals surface area contributed by atoms with E-state index in [1.165, 1.54) is 12.0 Å². The van der Waals surface area contributed by atoms with Gasteiger partial charge in [0.15, 0.2) is 5.82 Å². The first-order chi connectivity index (χ1) is 15.2. The lowest BCUT2D eigenvalue weighted by Gasteiger charge is -2.12. The predicted molar refractivity (Wildman–Crippen MR) is 117 cm³/mol. The molecule has 6 nitrogen and oxygen atoms in total. The van der Waals surface area contributed by atoms with Crippen LogP contribution in [0, 0.1) is 0 Å². The second-order valence-electron chi connectivity index (χ2n) is 9.27. The van der Waals surface area contributed by atoms with Crippen LogP contribution in [-0.4, -0.2) is 34.7 Å². The highest BCUT2D eigenvalue weighted by molar-refractivity contribution is 5.94. The Labute approximate surface area is 181 Å². The Hall–Kier alpha value is -2.99. The summed E-state index contributed by atoms with van der Waals surface area (Å²) in [7, 11) is 0. The third kappa shape index (κ3) is 3.88. The molecule has 3 fully saturated rings. The molecule has 158 valence electrons. The van der Waals surface area contributed by atoms with Gasteiger partial charge in [-0.2, -0.15) is 4.98 Å². The highest BCUT2D eigenvalue weighted by atomic mass is 16.5. The number of nitrogens with one attached hydrogen (secondary N) is 2. The molecule has 3 aliphatic rings. The Morgan fingerprint density at radius 3 is 2.55 bits per heavy atom. The molecule has 6 rings (SSSR count). The number of aromatic nitrogens is 2. The fourth-order valence-electron chi connectivity index (χ4n) is 4.26. The van der Waals surface area contributed by atoms with Gasteiger partial charge in [0.05, 0.1) is 0 Å². The Bertz CT molecular complexity index is 1080. The number of benzene rings is 2. The number of hydrogen-bond acceptors (Lipinski definition) is 5. The first-order valence-electron chi connectivity index (χ1n) is 11.2. The van der Waals surface area contributed by atoms with Crippen LogP contribution in [-0.2, 0) is 5.41 Å². The summed E-state index contributed by atoms with van der Waals surface area (Å²) in [6.07, 6.45) is 5.53. The largest absolute Gasteiger partial charge is 0.349 e. The topological polar surface area (TPSA) is 80.0 Å². The summed E-state index contributed by atoms with van der Waals surface area (Å²) in [5, 5.41) is 11.0. The maximum Gasteiger partial charge on any atom is 0.257 e. The molecular formula is C25H26N4O2. The van der Waals surface area contributed by atoms with Crippen molar-refractivity contribution in [2.45, 2.75) is 55.5 Å². The molecule has 3 aliphatic carbocycles. The Morgan fingerprint density at radius 1 is 1.06 bits per heavy atom. The van der Waals surface area contributed by atoms with Crippen molar-refractivity contribution in [3.8, 4) is 11.5 Å². The lowest BCUT2D eigenvalue weighted by Crippen LogP contribution is -2.30. The van der Waals surface area contributed by atoms with Gasteiger partial charge in [0.25, 0.3) is 11.8 Å². The van der Waals surface area contributed by atoms with Crippen LogP contribution in [0.25, 0.3) is 11.5 Å². The Morgan fingerprint density at radius 2 is 1.84 bits per heavy atom. The molecule has 0 bridgehead atoms.